The minimum Gasteiger partial charge on any atom is -0.399 e. The number of rotatable bonds is 6. The molecule has 2 rings (SSSR count). The zero-order valence-corrected chi connectivity index (χ0v) is 13.2. The Morgan fingerprint density at radius 2 is 1.95 bits per heavy atom. The first kappa shape index (κ1) is 14.8. The Bertz CT molecular complexity index is 533. The van der Waals surface area contributed by atoms with Crippen molar-refractivity contribution in [1.82, 2.24) is 9.36 Å². The van der Waals surface area contributed by atoms with Crippen molar-refractivity contribution >= 4 is 22.4 Å². The molecule has 0 aliphatic heterocycles. The van der Waals surface area contributed by atoms with Crippen LogP contribution in [-0.2, 0) is 13.0 Å². The minimum atomic E-state index is 0.384. The van der Waals surface area contributed by atoms with Gasteiger partial charge in [0.05, 0.1) is 0 Å². The summed E-state index contributed by atoms with van der Waals surface area (Å²) in [5.41, 5.74) is 7.76. The minimum absolute atomic E-state index is 0.384. The van der Waals surface area contributed by atoms with Crippen LogP contribution in [0.1, 0.15) is 38.6 Å². The smallest absolute Gasteiger partial charge is 0.205 e. The molecule has 0 aliphatic rings. The fraction of sp³-hybridized carbons (Fsp3) is 0.467. The largest absolute Gasteiger partial charge is 0.399 e. The van der Waals surface area contributed by atoms with Gasteiger partial charge < -0.3 is 10.6 Å². The van der Waals surface area contributed by atoms with Crippen molar-refractivity contribution in [2.45, 2.75) is 46.2 Å². The lowest BCUT2D eigenvalue weighted by atomic mass is 10.2. The van der Waals surface area contributed by atoms with E-state index in [1.54, 1.807) is 0 Å². The third-order valence-electron chi connectivity index (χ3n) is 3.13. The summed E-state index contributed by atoms with van der Waals surface area (Å²) >= 11 is 1.49. The molecular formula is C15H22N4S. The number of hydrogen-bond donors (Lipinski definition) is 1. The van der Waals surface area contributed by atoms with Crippen LogP contribution in [0.25, 0.3) is 0 Å². The lowest BCUT2D eigenvalue weighted by Gasteiger charge is -2.25. The predicted molar refractivity (Wildman–Crippen MR) is 86.1 cm³/mol. The van der Waals surface area contributed by atoms with E-state index in [1.165, 1.54) is 17.1 Å². The zero-order valence-electron chi connectivity index (χ0n) is 12.3. The van der Waals surface area contributed by atoms with Crippen LogP contribution in [0.4, 0.5) is 10.8 Å². The monoisotopic (exact) mass is 290 g/mol. The molecule has 0 aliphatic carbocycles. The third-order valence-corrected chi connectivity index (χ3v) is 3.92. The molecule has 0 amide bonds. The summed E-state index contributed by atoms with van der Waals surface area (Å²) in [7, 11) is 0. The van der Waals surface area contributed by atoms with E-state index >= 15 is 0 Å². The van der Waals surface area contributed by atoms with E-state index in [4.69, 9.17) is 5.73 Å². The van der Waals surface area contributed by atoms with Gasteiger partial charge in [0.2, 0.25) is 5.13 Å². The number of hydrogen-bond acceptors (Lipinski definition) is 5. The molecule has 0 unspecified atom stereocenters. The molecule has 20 heavy (non-hydrogen) atoms. The number of aromatic nitrogens is 2. The molecule has 0 atom stereocenters. The van der Waals surface area contributed by atoms with E-state index in [1.807, 2.05) is 12.1 Å². The number of aryl methyl sites for hydroxylation is 1. The van der Waals surface area contributed by atoms with Gasteiger partial charge in [0.1, 0.15) is 5.82 Å². The number of benzene rings is 1. The van der Waals surface area contributed by atoms with E-state index in [0.29, 0.717) is 6.04 Å². The van der Waals surface area contributed by atoms with Gasteiger partial charge in [-0.3, -0.25) is 0 Å². The fourth-order valence-corrected chi connectivity index (χ4v) is 2.82. The van der Waals surface area contributed by atoms with Crippen LogP contribution in [0.3, 0.4) is 0 Å². The Balaban J connectivity index is 2.15. The second-order valence-corrected chi connectivity index (χ2v) is 5.94. The lowest BCUT2D eigenvalue weighted by Crippen LogP contribution is -2.30. The van der Waals surface area contributed by atoms with Crippen molar-refractivity contribution in [3.8, 4) is 0 Å². The second-order valence-electron chi connectivity index (χ2n) is 5.21. The Hall–Kier alpha value is -1.62. The average molecular weight is 290 g/mol. The normalized spacial score (nSPS) is 11.0. The summed E-state index contributed by atoms with van der Waals surface area (Å²) in [6, 6.07) is 8.40. The van der Waals surface area contributed by atoms with Gasteiger partial charge in [0, 0.05) is 36.2 Å². The number of anilines is 2. The topological polar surface area (TPSA) is 55.0 Å². The molecule has 4 nitrogen and oxygen atoms in total. The van der Waals surface area contributed by atoms with E-state index in [2.05, 4.69) is 47.2 Å². The third kappa shape index (κ3) is 3.70. The van der Waals surface area contributed by atoms with E-state index in [-0.39, 0.29) is 0 Å². The van der Waals surface area contributed by atoms with Gasteiger partial charge in [-0.1, -0.05) is 19.1 Å². The standard InChI is InChI=1S/C15H22N4S/c1-4-5-14-17-15(20-18-14)19(11(2)3)10-12-6-8-13(16)9-7-12/h6-9,11H,4-5,10,16H2,1-3H3. The molecule has 0 fully saturated rings. The fourth-order valence-electron chi connectivity index (χ4n) is 1.98. The van der Waals surface area contributed by atoms with Crippen molar-refractivity contribution in [1.29, 1.82) is 0 Å². The van der Waals surface area contributed by atoms with Crippen molar-refractivity contribution in [3.05, 3.63) is 35.7 Å². The number of nitrogens with two attached hydrogens (primary N) is 1. The quantitative estimate of drug-likeness (QED) is 0.827. The zero-order chi connectivity index (χ0) is 14.5. The number of nitrogens with zero attached hydrogens (tertiary/aromatic N) is 3. The molecule has 108 valence electrons. The maximum Gasteiger partial charge on any atom is 0.205 e. The highest BCUT2D eigenvalue weighted by Gasteiger charge is 2.16. The van der Waals surface area contributed by atoms with Crippen LogP contribution in [0.15, 0.2) is 24.3 Å². The van der Waals surface area contributed by atoms with Gasteiger partial charge in [0.25, 0.3) is 0 Å². The second kappa shape index (κ2) is 6.70. The van der Waals surface area contributed by atoms with Crippen molar-refractivity contribution in [2.24, 2.45) is 0 Å². The Morgan fingerprint density at radius 1 is 1.25 bits per heavy atom. The van der Waals surface area contributed by atoms with Crippen molar-refractivity contribution in [2.75, 3.05) is 10.6 Å². The van der Waals surface area contributed by atoms with Crippen LogP contribution in [0.5, 0.6) is 0 Å². The molecule has 2 aromatic rings. The first-order valence-corrected chi connectivity index (χ1v) is 7.81. The molecular weight excluding hydrogens is 268 g/mol. The van der Waals surface area contributed by atoms with E-state index in [0.717, 1.165) is 36.0 Å². The molecule has 0 radical (unpaired) electrons. The molecule has 1 aromatic heterocycles. The molecule has 0 saturated heterocycles. The summed E-state index contributed by atoms with van der Waals surface area (Å²) in [5.74, 6) is 0.954. The van der Waals surface area contributed by atoms with Crippen LogP contribution >= 0.6 is 11.5 Å². The van der Waals surface area contributed by atoms with Gasteiger partial charge in [-0.15, -0.1) is 0 Å². The molecule has 5 heteroatoms. The van der Waals surface area contributed by atoms with Gasteiger partial charge in [-0.2, -0.15) is 4.37 Å². The van der Waals surface area contributed by atoms with Crippen LogP contribution in [0, 0.1) is 0 Å². The Morgan fingerprint density at radius 3 is 2.55 bits per heavy atom. The summed E-state index contributed by atoms with van der Waals surface area (Å²) in [6.45, 7) is 7.34. The highest BCUT2D eigenvalue weighted by Crippen LogP contribution is 2.23. The first-order valence-electron chi connectivity index (χ1n) is 7.03. The summed E-state index contributed by atoms with van der Waals surface area (Å²) in [4.78, 5) is 6.92. The number of nitrogen functional groups attached to an aromatic ring is 1. The maximum atomic E-state index is 5.73. The van der Waals surface area contributed by atoms with Gasteiger partial charge in [-0.25, -0.2) is 4.98 Å². The van der Waals surface area contributed by atoms with E-state index in [9.17, 15) is 0 Å². The molecule has 1 heterocycles. The summed E-state index contributed by atoms with van der Waals surface area (Å²) < 4.78 is 4.43. The molecule has 0 spiro atoms. The van der Waals surface area contributed by atoms with E-state index < -0.39 is 0 Å². The van der Waals surface area contributed by atoms with Crippen molar-refractivity contribution in [3.63, 3.8) is 0 Å². The Kier molecular flexibility index (Phi) is 4.95. The molecule has 1 aromatic carbocycles. The van der Waals surface area contributed by atoms with Crippen LogP contribution < -0.4 is 10.6 Å². The first-order chi connectivity index (χ1) is 9.60. The molecule has 0 saturated carbocycles. The molecule has 0 bridgehead atoms. The van der Waals surface area contributed by atoms with Crippen molar-refractivity contribution < 1.29 is 0 Å². The lowest BCUT2D eigenvalue weighted by molar-refractivity contribution is 0.677. The molecule has 2 N–H and O–H groups in total. The van der Waals surface area contributed by atoms with Crippen LogP contribution in [0.2, 0.25) is 0 Å². The van der Waals surface area contributed by atoms with Gasteiger partial charge in [-0.05, 0) is 38.0 Å². The summed E-state index contributed by atoms with van der Waals surface area (Å²) in [5, 5.41) is 1.00. The average Bonchev–Trinajstić information content (AvgIpc) is 2.86. The highest BCUT2D eigenvalue weighted by atomic mass is 32.1. The van der Waals surface area contributed by atoms with Gasteiger partial charge >= 0.3 is 0 Å². The highest BCUT2D eigenvalue weighted by molar-refractivity contribution is 7.09. The van der Waals surface area contributed by atoms with Crippen LogP contribution in [-0.4, -0.2) is 15.4 Å². The Labute approximate surface area is 124 Å². The summed E-state index contributed by atoms with van der Waals surface area (Å²) in [6.07, 6.45) is 2.03. The maximum absolute atomic E-state index is 5.73. The predicted octanol–water partition coefficient (Wildman–Crippen LogP) is 3.49. The SMILES string of the molecule is CCCc1nsc(N(Cc2ccc(N)cc2)C(C)C)n1. The van der Waals surface area contributed by atoms with Gasteiger partial charge in [0.15, 0.2) is 0 Å².